The lowest BCUT2D eigenvalue weighted by Gasteiger charge is -2.15. The molecule has 6 heteroatoms. The Morgan fingerprint density at radius 1 is 0.950 bits per heavy atom. The summed E-state index contributed by atoms with van der Waals surface area (Å²) >= 11 is 0. The van der Waals surface area contributed by atoms with E-state index in [1.54, 1.807) is 6.07 Å². The van der Waals surface area contributed by atoms with Crippen molar-refractivity contribution >= 4 is 11.4 Å². The molecule has 0 aliphatic carbocycles. The number of nitrogens with one attached hydrogen (secondary N) is 1. The molecular weight excluding hydrogens is 274 g/mol. The Bertz CT molecular complexity index is 580. The van der Waals surface area contributed by atoms with Gasteiger partial charge in [-0.1, -0.05) is 18.2 Å². The first kappa shape index (κ1) is 14.3. The van der Waals surface area contributed by atoms with E-state index in [0.29, 0.717) is 11.4 Å². The van der Waals surface area contributed by atoms with Gasteiger partial charge in [0.25, 0.3) is 0 Å². The van der Waals surface area contributed by atoms with Crippen LogP contribution in [-0.2, 0) is 0 Å². The molecule has 1 unspecified atom stereocenters. The highest BCUT2D eigenvalue weighted by atomic mass is 19.4. The van der Waals surface area contributed by atoms with E-state index in [1.807, 2.05) is 0 Å². The molecule has 0 aromatic heterocycles. The number of hydrogen-bond acceptors (Lipinski definition) is 2. The third-order valence-corrected chi connectivity index (χ3v) is 2.65. The molecule has 0 amide bonds. The fourth-order valence-electron chi connectivity index (χ4n) is 1.67. The van der Waals surface area contributed by atoms with Gasteiger partial charge in [-0.25, -0.2) is 4.39 Å². The van der Waals surface area contributed by atoms with Crippen LogP contribution < -0.4 is 5.32 Å². The maximum atomic E-state index is 13.0. The molecule has 0 aliphatic rings. The van der Waals surface area contributed by atoms with Crippen LogP contribution in [0.3, 0.4) is 0 Å². The maximum Gasteiger partial charge on any atom is 0.418 e. The van der Waals surface area contributed by atoms with Gasteiger partial charge in [0, 0.05) is 11.4 Å². The average Bonchev–Trinajstić information content (AvgIpc) is 2.38. The topological polar surface area (TPSA) is 32.3 Å². The number of anilines is 2. The highest BCUT2D eigenvalue weighted by Gasteiger charge is 2.39. The van der Waals surface area contributed by atoms with Crippen LogP contribution in [0.25, 0.3) is 0 Å². The van der Waals surface area contributed by atoms with Gasteiger partial charge < -0.3 is 10.4 Å². The van der Waals surface area contributed by atoms with Crippen LogP contribution in [0.15, 0.2) is 48.5 Å². The smallest absolute Gasteiger partial charge is 0.379 e. The van der Waals surface area contributed by atoms with Crippen molar-refractivity contribution in [1.82, 2.24) is 0 Å². The Balaban J connectivity index is 2.13. The van der Waals surface area contributed by atoms with Crippen molar-refractivity contribution in [1.29, 1.82) is 0 Å². The van der Waals surface area contributed by atoms with Gasteiger partial charge in [0.1, 0.15) is 5.82 Å². The predicted octanol–water partition coefficient (Wildman–Crippen LogP) is 4.17. The van der Waals surface area contributed by atoms with Gasteiger partial charge in [0.15, 0.2) is 6.10 Å². The average molecular weight is 285 g/mol. The Hall–Kier alpha value is -2.08. The standard InChI is InChI=1S/C14H11F4NO/c15-10-2-1-3-12(8-10)19-11-6-4-9(5-7-11)13(20)14(16,17)18/h1-8,13,19-20H. The highest BCUT2D eigenvalue weighted by molar-refractivity contribution is 5.59. The molecule has 106 valence electrons. The minimum Gasteiger partial charge on any atom is -0.379 e. The zero-order valence-corrected chi connectivity index (χ0v) is 10.2. The van der Waals surface area contributed by atoms with Crippen molar-refractivity contribution in [3.63, 3.8) is 0 Å². The molecule has 0 saturated heterocycles. The fourth-order valence-corrected chi connectivity index (χ4v) is 1.67. The largest absolute Gasteiger partial charge is 0.418 e. The first-order valence-corrected chi connectivity index (χ1v) is 5.73. The molecule has 2 rings (SSSR count). The van der Waals surface area contributed by atoms with E-state index in [2.05, 4.69) is 5.32 Å². The third-order valence-electron chi connectivity index (χ3n) is 2.65. The minimum absolute atomic E-state index is 0.248. The summed E-state index contributed by atoms with van der Waals surface area (Å²) < 4.78 is 49.9. The quantitative estimate of drug-likeness (QED) is 0.830. The van der Waals surface area contributed by atoms with E-state index >= 15 is 0 Å². The Labute approximate surface area is 112 Å². The van der Waals surface area contributed by atoms with E-state index in [4.69, 9.17) is 5.11 Å². The summed E-state index contributed by atoms with van der Waals surface area (Å²) in [6.45, 7) is 0. The lowest BCUT2D eigenvalue weighted by Crippen LogP contribution is -2.20. The fraction of sp³-hybridized carbons (Fsp3) is 0.143. The van der Waals surface area contributed by atoms with E-state index in [0.717, 1.165) is 0 Å². The van der Waals surface area contributed by atoms with Crippen molar-refractivity contribution in [3.8, 4) is 0 Å². The number of halogens is 4. The number of aliphatic hydroxyl groups is 1. The lowest BCUT2D eigenvalue weighted by atomic mass is 10.1. The van der Waals surface area contributed by atoms with E-state index in [9.17, 15) is 17.6 Å². The van der Waals surface area contributed by atoms with Gasteiger partial charge in [-0.3, -0.25) is 0 Å². The third kappa shape index (κ3) is 3.48. The van der Waals surface area contributed by atoms with Crippen LogP contribution in [0, 0.1) is 5.82 Å². The molecular formula is C14H11F4NO. The van der Waals surface area contributed by atoms with Gasteiger partial charge in [-0.15, -0.1) is 0 Å². The summed E-state index contributed by atoms with van der Waals surface area (Å²) in [5.74, 6) is -0.417. The number of hydrogen-bond donors (Lipinski definition) is 2. The van der Waals surface area contributed by atoms with Crippen molar-refractivity contribution in [2.24, 2.45) is 0 Å². The van der Waals surface area contributed by atoms with E-state index < -0.39 is 18.1 Å². The van der Waals surface area contributed by atoms with Crippen LogP contribution >= 0.6 is 0 Å². The first-order valence-electron chi connectivity index (χ1n) is 5.73. The molecule has 2 aromatic rings. The number of alkyl halides is 3. The highest BCUT2D eigenvalue weighted by Crippen LogP contribution is 2.33. The SMILES string of the molecule is OC(c1ccc(Nc2cccc(F)c2)cc1)C(F)(F)F. The number of benzene rings is 2. The number of rotatable bonds is 3. The summed E-state index contributed by atoms with van der Waals surface area (Å²) in [5, 5.41) is 11.9. The van der Waals surface area contributed by atoms with Crippen LogP contribution in [0.4, 0.5) is 28.9 Å². The summed E-state index contributed by atoms with van der Waals surface area (Å²) in [4.78, 5) is 0. The molecule has 0 aliphatic heterocycles. The molecule has 0 radical (unpaired) electrons. The lowest BCUT2D eigenvalue weighted by molar-refractivity contribution is -0.206. The van der Waals surface area contributed by atoms with Gasteiger partial charge in [0.2, 0.25) is 0 Å². The molecule has 2 nitrogen and oxygen atoms in total. The Morgan fingerprint density at radius 3 is 2.15 bits per heavy atom. The Morgan fingerprint density at radius 2 is 1.60 bits per heavy atom. The van der Waals surface area contributed by atoms with Crippen LogP contribution in [0.5, 0.6) is 0 Å². The van der Waals surface area contributed by atoms with E-state index in [-0.39, 0.29) is 5.56 Å². The molecule has 2 N–H and O–H groups in total. The summed E-state index contributed by atoms with van der Waals surface area (Å²) in [6, 6.07) is 10.8. The minimum atomic E-state index is -4.70. The summed E-state index contributed by atoms with van der Waals surface area (Å²) in [6.07, 6.45) is -7.21. The zero-order chi connectivity index (χ0) is 14.8. The second kappa shape index (κ2) is 5.50. The van der Waals surface area contributed by atoms with Gasteiger partial charge in [0.05, 0.1) is 0 Å². The predicted molar refractivity (Wildman–Crippen MR) is 67.1 cm³/mol. The normalized spacial score (nSPS) is 13.1. The zero-order valence-electron chi connectivity index (χ0n) is 10.2. The Kier molecular flexibility index (Phi) is 3.94. The van der Waals surface area contributed by atoms with E-state index in [1.165, 1.54) is 42.5 Å². The van der Waals surface area contributed by atoms with Crippen molar-refractivity contribution in [3.05, 3.63) is 59.9 Å². The molecule has 0 spiro atoms. The summed E-state index contributed by atoms with van der Waals surface area (Å²) in [5.41, 5.74) is 0.727. The molecule has 20 heavy (non-hydrogen) atoms. The van der Waals surface area contributed by atoms with Gasteiger partial charge >= 0.3 is 6.18 Å². The second-order valence-corrected chi connectivity index (χ2v) is 4.20. The first-order chi connectivity index (χ1) is 9.36. The van der Waals surface area contributed by atoms with Crippen LogP contribution in [0.1, 0.15) is 11.7 Å². The summed E-state index contributed by atoms with van der Waals surface area (Å²) in [7, 11) is 0. The van der Waals surface area contributed by atoms with Gasteiger partial charge in [-0.05, 0) is 35.9 Å². The van der Waals surface area contributed by atoms with Crippen LogP contribution in [-0.4, -0.2) is 11.3 Å². The maximum absolute atomic E-state index is 13.0. The molecule has 0 saturated carbocycles. The number of aliphatic hydroxyl groups excluding tert-OH is 1. The second-order valence-electron chi connectivity index (χ2n) is 4.20. The van der Waals surface area contributed by atoms with Crippen LogP contribution in [0.2, 0.25) is 0 Å². The van der Waals surface area contributed by atoms with Crippen molar-refractivity contribution < 1.29 is 22.7 Å². The van der Waals surface area contributed by atoms with Crippen molar-refractivity contribution in [2.45, 2.75) is 12.3 Å². The molecule has 0 heterocycles. The van der Waals surface area contributed by atoms with Crippen molar-refractivity contribution in [2.75, 3.05) is 5.32 Å². The molecule has 0 fully saturated rings. The monoisotopic (exact) mass is 285 g/mol. The molecule has 0 bridgehead atoms. The van der Waals surface area contributed by atoms with Gasteiger partial charge in [-0.2, -0.15) is 13.2 Å². The molecule has 2 aromatic carbocycles. The molecule has 1 atom stereocenters.